The molecule has 4 heteroatoms. The van der Waals surface area contributed by atoms with E-state index in [0.29, 0.717) is 12.0 Å². The zero-order valence-corrected chi connectivity index (χ0v) is 14.6. The number of guanidine groups is 1. The van der Waals surface area contributed by atoms with Gasteiger partial charge in [-0.2, -0.15) is 0 Å². The Balaban J connectivity index is 1.34. The first-order chi connectivity index (χ1) is 11.8. The maximum Gasteiger partial charge on any atom is 0.193 e. The largest absolute Gasteiger partial charge is 0.370 e. The maximum absolute atomic E-state index is 6.20. The highest BCUT2D eigenvalue weighted by molar-refractivity contribution is 5.93. The van der Waals surface area contributed by atoms with Crippen LogP contribution in [0.2, 0.25) is 0 Å². The van der Waals surface area contributed by atoms with Crippen LogP contribution in [-0.2, 0) is 12.8 Å². The molecule has 2 fully saturated rings. The van der Waals surface area contributed by atoms with Crippen molar-refractivity contribution in [1.29, 1.82) is 0 Å². The molecule has 1 aromatic carbocycles. The first-order valence-electron chi connectivity index (χ1n) is 9.75. The van der Waals surface area contributed by atoms with Crippen LogP contribution in [0.5, 0.6) is 0 Å². The fourth-order valence-corrected chi connectivity index (χ4v) is 4.51. The number of likely N-dealkylation sites (tertiary alicyclic amines) is 1. The molecule has 3 N–H and O–H groups in total. The van der Waals surface area contributed by atoms with Crippen LogP contribution in [0, 0.1) is 0 Å². The number of anilines is 1. The van der Waals surface area contributed by atoms with Crippen molar-refractivity contribution in [1.82, 2.24) is 4.90 Å². The van der Waals surface area contributed by atoms with E-state index in [-0.39, 0.29) is 0 Å². The van der Waals surface area contributed by atoms with Crippen LogP contribution in [0.4, 0.5) is 5.69 Å². The van der Waals surface area contributed by atoms with Crippen LogP contribution >= 0.6 is 0 Å². The van der Waals surface area contributed by atoms with Crippen LogP contribution in [0.3, 0.4) is 0 Å². The van der Waals surface area contributed by atoms with E-state index in [1.54, 1.807) is 0 Å². The average Bonchev–Trinajstić information content (AvgIpc) is 2.59. The summed E-state index contributed by atoms with van der Waals surface area (Å²) >= 11 is 0. The zero-order valence-electron chi connectivity index (χ0n) is 14.6. The molecule has 0 amide bonds. The topological polar surface area (TPSA) is 53.6 Å². The van der Waals surface area contributed by atoms with Crippen molar-refractivity contribution in [2.45, 2.75) is 69.9 Å². The van der Waals surface area contributed by atoms with Crippen molar-refractivity contribution < 1.29 is 0 Å². The van der Waals surface area contributed by atoms with Gasteiger partial charge in [-0.05, 0) is 81.6 Å². The van der Waals surface area contributed by atoms with E-state index in [2.05, 4.69) is 28.4 Å². The number of fused-ring (bicyclic) bond motifs is 1. The average molecular weight is 326 g/mol. The van der Waals surface area contributed by atoms with E-state index in [4.69, 9.17) is 10.7 Å². The molecule has 24 heavy (non-hydrogen) atoms. The molecule has 0 bridgehead atoms. The first-order valence-corrected chi connectivity index (χ1v) is 9.75. The second-order valence-corrected chi connectivity index (χ2v) is 7.67. The molecule has 130 valence electrons. The summed E-state index contributed by atoms with van der Waals surface area (Å²) in [5.74, 6) is 0.594. The summed E-state index contributed by atoms with van der Waals surface area (Å²) in [6, 6.07) is 7.68. The number of benzene rings is 1. The summed E-state index contributed by atoms with van der Waals surface area (Å²) in [5.41, 5.74) is 10.3. The molecule has 0 atom stereocenters. The number of piperidine rings is 1. The SMILES string of the molecule is NC(=NC1CC(N2CCCCC2)C1)Nc1cccc2c1CCCC2. The Morgan fingerprint density at radius 2 is 1.83 bits per heavy atom. The summed E-state index contributed by atoms with van der Waals surface area (Å²) in [5, 5.41) is 3.38. The maximum atomic E-state index is 6.20. The number of aryl methyl sites for hydroxylation is 1. The van der Waals surface area contributed by atoms with Gasteiger partial charge in [0.15, 0.2) is 5.96 Å². The van der Waals surface area contributed by atoms with Crippen LogP contribution in [0.15, 0.2) is 23.2 Å². The molecule has 0 unspecified atom stereocenters. The number of hydrogen-bond donors (Lipinski definition) is 2. The quantitative estimate of drug-likeness (QED) is 0.662. The zero-order chi connectivity index (χ0) is 16.4. The van der Waals surface area contributed by atoms with E-state index in [1.165, 1.54) is 81.3 Å². The third kappa shape index (κ3) is 3.44. The molecule has 1 aliphatic heterocycles. The Bertz CT molecular complexity index is 598. The van der Waals surface area contributed by atoms with Crippen molar-refractivity contribution in [3.8, 4) is 0 Å². The van der Waals surface area contributed by atoms with Gasteiger partial charge in [-0.3, -0.25) is 0 Å². The Kier molecular flexibility index (Phi) is 4.74. The van der Waals surface area contributed by atoms with E-state index in [0.717, 1.165) is 12.5 Å². The highest BCUT2D eigenvalue weighted by atomic mass is 15.2. The second kappa shape index (κ2) is 7.14. The molecule has 2 aliphatic carbocycles. The third-order valence-corrected chi connectivity index (χ3v) is 5.98. The molecule has 1 heterocycles. The molecular weight excluding hydrogens is 296 g/mol. The predicted molar refractivity (Wildman–Crippen MR) is 101 cm³/mol. The van der Waals surface area contributed by atoms with Gasteiger partial charge in [-0.15, -0.1) is 0 Å². The van der Waals surface area contributed by atoms with Gasteiger partial charge < -0.3 is 16.0 Å². The van der Waals surface area contributed by atoms with Crippen LogP contribution < -0.4 is 11.1 Å². The van der Waals surface area contributed by atoms with Crippen molar-refractivity contribution in [2.75, 3.05) is 18.4 Å². The molecule has 1 saturated carbocycles. The van der Waals surface area contributed by atoms with Crippen molar-refractivity contribution in [2.24, 2.45) is 10.7 Å². The summed E-state index contributed by atoms with van der Waals surface area (Å²) in [7, 11) is 0. The van der Waals surface area contributed by atoms with Gasteiger partial charge in [0.1, 0.15) is 0 Å². The first kappa shape index (κ1) is 15.9. The lowest BCUT2D eigenvalue weighted by molar-refractivity contribution is 0.0912. The van der Waals surface area contributed by atoms with Gasteiger partial charge in [0.05, 0.1) is 6.04 Å². The summed E-state index contributed by atoms with van der Waals surface area (Å²) < 4.78 is 0. The van der Waals surface area contributed by atoms with Gasteiger partial charge in [-0.1, -0.05) is 18.6 Å². The number of nitrogens with one attached hydrogen (secondary N) is 1. The molecular formula is C20H30N4. The molecule has 3 aliphatic rings. The Morgan fingerprint density at radius 1 is 1.04 bits per heavy atom. The van der Waals surface area contributed by atoms with E-state index < -0.39 is 0 Å². The highest BCUT2D eigenvalue weighted by Gasteiger charge is 2.34. The van der Waals surface area contributed by atoms with Gasteiger partial charge in [0.25, 0.3) is 0 Å². The lowest BCUT2D eigenvalue weighted by Crippen LogP contribution is -2.49. The van der Waals surface area contributed by atoms with E-state index in [9.17, 15) is 0 Å². The van der Waals surface area contributed by atoms with Crippen LogP contribution in [0.1, 0.15) is 56.1 Å². The van der Waals surface area contributed by atoms with Gasteiger partial charge in [0, 0.05) is 11.7 Å². The van der Waals surface area contributed by atoms with E-state index >= 15 is 0 Å². The van der Waals surface area contributed by atoms with Crippen molar-refractivity contribution in [3.05, 3.63) is 29.3 Å². The fraction of sp³-hybridized carbons (Fsp3) is 0.650. The lowest BCUT2D eigenvalue weighted by Gasteiger charge is -2.43. The third-order valence-electron chi connectivity index (χ3n) is 5.98. The normalized spacial score (nSPS) is 28.1. The molecule has 4 rings (SSSR count). The number of rotatable bonds is 3. The second-order valence-electron chi connectivity index (χ2n) is 7.67. The Morgan fingerprint density at radius 3 is 2.67 bits per heavy atom. The minimum atomic E-state index is 0.406. The van der Waals surface area contributed by atoms with E-state index in [1.807, 2.05) is 0 Å². The number of nitrogens with two attached hydrogens (primary N) is 1. The lowest BCUT2D eigenvalue weighted by atomic mass is 9.85. The number of hydrogen-bond acceptors (Lipinski definition) is 2. The van der Waals surface area contributed by atoms with Gasteiger partial charge in [-0.25, -0.2) is 4.99 Å². The summed E-state index contributed by atoms with van der Waals surface area (Å²) in [4.78, 5) is 7.39. The van der Waals surface area contributed by atoms with Crippen LogP contribution in [0.25, 0.3) is 0 Å². The molecule has 0 aromatic heterocycles. The highest BCUT2D eigenvalue weighted by Crippen LogP contribution is 2.31. The minimum Gasteiger partial charge on any atom is -0.370 e. The standard InChI is InChI=1S/C20H30N4/c21-20(22-16-13-17(14-16)24-11-4-1-5-12-24)23-19-10-6-8-15-7-2-3-9-18(15)19/h6,8,10,16-17H,1-5,7,9,11-14H2,(H3,21,22,23). The smallest absolute Gasteiger partial charge is 0.193 e. The molecule has 1 saturated heterocycles. The molecule has 1 aromatic rings. The number of aliphatic imine (C=N–C) groups is 1. The van der Waals surface area contributed by atoms with Crippen molar-refractivity contribution in [3.63, 3.8) is 0 Å². The van der Waals surface area contributed by atoms with Crippen molar-refractivity contribution >= 4 is 11.6 Å². The molecule has 4 nitrogen and oxygen atoms in total. The Labute approximate surface area is 145 Å². The fourth-order valence-electron chi connectivity index (χ4n) is 4.51. The summed E-state index contributed by atoms with van der Waals surface area (Å²) in [6.45, 7) is 2.57. The van der Waals surface area contributed by atoms with Gasteiger partial charge in [0.2, 0.25) is 0 Å². The summed E-state index contributed by atoms with van der Waals surface area (Å²) in [6.07, 6.45) is 11.4. The van der Waals surface area contributed by atoms with Gasteiger partial charge >= 0.3 is 0 Å². The Hall–Kier alpha value is -1.55. The molecule has 0 radical (unpaired) electrons. The monoisotopic (exact) mass is 326 g/mol. The predicted octanol–water partition coefficient (Wildman–Crippen LogP) is 3.31. The molecule has 0 spiro atoms. The van der Waals surface area contributed by atoms with Crippen LogP contribution in [-0.4, -0.2) is 36.0 Å². The minimum absolute atomic E-state index is 0.406. The number of nitrogens with zero attached hydrogens (tertiary/aromatic N) is 2.